The van der Waals surface area contributed by atoms with Crippen molar-refractivity contribution in [3.8, 4) is 22.5 Å². The molecule has 2 aromatic heterocycles. The van der Waals surface area contributed by atoms with E-state index in [-0.39, 0.29) is 21.9 Å². The Morgan fingerprint density at radius 3 is 2.00 bits per heavy atom. The maximum atomic E-state index is 13.8. The van der Waals surface area contributed by atoms with Gasteiger partial charge in [-0.05, 0) is 30.9 Å². The third kappa shape index (κ3) is 3.87. The summed E-state index contributed by atoms with van der Waals surface area (Å²) in [6.45, 7) is 10.9. The SMILES string of the molecule is CCn1c(SCc2nc3c(c(=O)[nH]2)C(C)(C)Cc2ccccc2-3)nc2c(c1=O)C(C)(C)Cc1ccccc1-2. The maximum absolute atomic E-state index is 13.8. The van der Waals surface area contributed by atoms with Crippen molar-refractivity contribution in [3.05, 3.63) is 97.3 Å². The summed E-state index contributed by atoms with van der Waals surface area (Å²) in [5.74, 6) is 0.989. The summed E-state index contributed by atoms with van der Waals surface area (Å²) < 4.78 is 1.76. The molecule has 0 radical (unpaired) electrons. The van der Waals surface area contributed by atoms with E-state index in [1.165, 1.54) is 22.9 Å². The molecule has 1 N–H and O–H groups in total. The second-order valence-corrected chi connectivity index (χ2v) is 12.6. The molecule has 0 atom stereocenters. The van der Waals surface area contributed by atoms with E-state index in [9.17, 15) is 9.59 Å². The van der Waals surface area contributed by atoms with Crippen LogP contribution < -0.4 is 11.1 Å². The van der Waals surface area contributed by atoms with Gasteiger partial charge in [-0.25, -0.2) is 9.97 Å². The minimum Gasteiger partial charge on any atom is -0.310 e. The number of rotatable bonds is 4. The van der Waals surface area contributed by atoms with Crippen LogP contribution in [0.5, 0.6) is 0 Å². The van der Waals surface area contributed by atoms with Crippen LogP contribution in [0.4, 0.5) is 0 Å². The molecule has 0 aliphatic heterocycles. The zero-order chi connectivity index (χ0) is 26.8. The number of hydrogen-bond acceptors (Lipinski definition) is 5. The van der Waals surface area contributed by atoms with Gasteiger partial charge in [-0.3, -0.25) is 14.2 Å². The summed E-state index contributed by atoms with van der Waals surface area (Å²) in [6, 6.07) is 16.4. The number of nitrogens with one attached hydrogen (secondary N) is 1. The zero-order valence-corrected chi connectivity index (χ0v) is 23.3. The third-order valence-electron chi connectivity index (χ3n) is 7.92. The van der Waals surface area contributed by atoms with E-state index in [1.807, 2.05) is 37.3 Å². The van der Waals surface area contributed by atoms with E-state index in [0.29, 0.717) is 23.3 Å². The van der Waals surface area contributed by atoms with Gasteiger partial charge in [-0.1, -0.05) is 88.0 Å². The molecule has 2 aliphatic carbocycles. The summed E-state index contributed by atoms with van der Waals surface area (Å²) in [7, 11) is 0. The molecule has 0 fully saturated rings. The highest BCUT2D eigenvalue weighted by atomic mass is 32.2. The summed E-state index contributed by atoms with van der Waals surface area (Å²) in [6.07, 6.45) is 1.61. The van der Waals surface area contributed by atoms with Crippen LogP contribution in [-0.2, 0) is 36.0 Å². The first-order valence-corrected chi connectivity index (χ1v) is 14.2. The molecule has 0 saturated carbocycles. The molecule has 0 saturated heterocycles. The van der Waals surface area contributed by atoms with Crippen LogP contribution in [0.15, 0.2) is 63.3 Å². The normalized spacial score (nSPS) is 16.2. The molecule has 2 aromatic carbocycles. The number of benzene rings is 2. The molecule has 2 heterocycles. The van der Waals surface area contributed by atoms with E-state index in [4.69, 9.17) is 9.97 Å². The number of thioether (sulfide) groups is 1. The fraction of sp³-hybridized carbons (Fsp3) is 0.355. The average molecular weight is 525 g/mol. The van der Waals surface area contributed by atoms with Crippen molar-refractivity contribution >= 4 is 11.8 Å². The van der Waals surface area contributed by atoms with Gasteiger partial charge in [0.05, 0.1) is 17.1 Å². The van der Waals surface area contributed by atoms with Crippen molar-refractivity contribution in [3.63, 3.8) is 0 Å². The van der Waals surface area contributed by atoms with E-state index >= 15 is 0 Å². The number of fused-ring (bicyclic) bond motifs is 6. The molecule has 7 heteroatoms. The lowest BCUT2D eigenvalue weighted by Crippen LogP contribution is -2.38. The number of nitrogens with zero attached hydrogens (tertiary/aromatic N) is 3. The van der Waals surface area contributed by atoms with E-state index < -0.39 is 0 Å². The van der Waals surface area contributed by atoms with Crippen LogP contribution >= 0.6 is 11.8 Å². The Labute approximate surface area is 226 Å². The molecule has 6 rings (SSSR count). The Hall–Kier alpha value is -3.45. The monoisotopic (exact) mass is 524 g/mol. The van der Waals surface area contributed by atoms with Crippen LogP contribution in [0, 0.1) is 0 Å². The van der Waals surface area contributed by atoms with Crippen molar-refractivity contribution in [2.75, 3.05) is 0 Å². The molecule has 6 nitrogen and oxygen atoms in total. The minimum absolute atomic E-state index is 0.0158. The molecular weight excluding hydrogens is 492 g/mol. The predicted molar refractivity (Wildman–Crippen MR) is 153 cm³/mol. The first-order valence-electron chi connectivity index (χ1n) is 13.2. The minimum atomic E-state index is -0.307. The van der Waals surface area contributed by atoms with E-state index in [2.05, 4.69) is 50.9 Å². The van der Waals surface area contributed by atoms with Gasteiger partial charge in [-0.15, -0.1) is 0 Å². The Morgan fingerprint density at radius 2 is 1.39 bits per heavy atom. The van der Waals surface area contributed by atoms with Crippen molar-refractivity contribution in [2.45, 2.75) is 75.7 Å². The van der Waals surface area contributed by atoms with Gasteiger partial charge in [0.15, 0.2) is 5.16 Å². The van der Waals surface area contributed by atoms with Gasteiger partial charge < -0.3 is 4.98 Å². The Morgan fingerprint density at radius 1 is 0.842 bits per heavy atom. The second kappa shape index (κ2) is 8.80. The van der Waals surface area contributed by atoms with Crippen molar-refractivity contribution in [1.29, 1.82) is 0 Å². The molecule has 38 heavy (non-hydrogen) atoms. The van der Waals surface area contributed by atoms with Crippen molar-refractivity contribution < 1.29 is 0 Å². The summed E-state index contributed by atoms with van der Waals surface area (Å²) in [5.41, 5.74) is 6.84. The fourth-order valence-electron chi connectivity index (χ4n) is 6.21. The number of aromatic amines is 1. The zero-order valence-electron chi connectivity index (χ0n) is 22.5. The highest BCUT2D eigenvalue weighted by Gasteiger charge is 2.37. The summed E-state index contributed by atoms with van der Waals surface area (Å²) in [4.78, 5) is 40.2. The van der Waals surface area contributed by atoms with Gasteiger partial charge in [0.1, 0.15) is 5.82 Å². The lowest BCUT2D eigenvalue weighted by Gasteiger charge is -2.33. The Bertz CT molecular complexity index is 1710. The Kier molecular flexibility index (Phi) is 5.76. The second-order valence-electron chi connectivity index (χ2n) is 11.6. The third-order valence-corrected chi connectivity index (χ3v) is 8.91. The quantitative estimate of drug-likeness (QED) is 0.276. The van der Waals surface area contributed by atoms with Crippen LogP contribution in [0.25, 0.3) is 22.5 Å². The summed E-state index contributed by atoms with van der Waals surface area (Å²) in [5, 5.41) is 0.643. The molecule has 194 valence electrons. The van der Waals surface area contributed by atoms with Gasteiger partial charge in [0.2, 0.25) is 0 Å². The van der Waals surface area contributed by atoms with E-state index in [1.54, 1.807) is 4.57 Å². The largest absolute Gasteiger partial charge is 0.310 e. The van der Waals surface area contributed by atoms with Gasteiger partial charge in [0.25, 0.3) is 11.1 Å². The highest BCUT2D eigenvalue weighted by molar-refractivity contribution is 7.98. The van der Waals surface area contributed by atoms with E-state index in [0.717, 1.165) is 46.5 Å². The lowest BCUT2D eigenvalue weighted by atomic mass is 9.72. The first-order chi connectivity index (χ1) is 18.1. The number of aromatic nitrogens is 4. The molecule has 0 amide bonds. The first kappa shape index (κ1) is 24.9. The maximum Gasteiger partial charge on any atom is 0.258 e. The van der Waals surface area contributed by atoms with Crippen molar-refractivity contribution in [1.82, 2.24) is 19.5 Å². The van der Waals surface area contributed by atoms with Gasteiger partial charge in [0, 0.05) is 39.6 Å². The lowest BCUT2D eigenvalue weighted by molar-refractivity contribution is 0.486. The molecule has 0 spiro atoms. The molecule has 4 aromatic rings. The van der Waals surface area contributed by atoms with Crippen LogP contribution in [0.2, 0.25) is 0 Å². The smallest absolute Gasteiger partial charge is 0.258 e. The molecule has 2 aliphatic rings. The van der Waals surface area contributed by atoms with Crippen LogP contribution in [0.1, 0.15) is 62.7 Å². The molecular formula is C31H32N4O2S. The number of hydrogen-bond donors (Lipinski definition) is 1. The molecule has 0 bridgehead atoms. The van der Waals surface area contributed by atoms with Crippen molar-refractivity contribution in [2.24, 2.45) is 0 Å². The summed E-state index contributed by atoms with van der Waals surface area (Å²) >= 11 is 1.45. The molecule has 0 unspecified atom stereocenters. The van der Waals surface area contributed by atoms with Crippen LogP contribution in [0.3, 0.4) is 0 Å². The average Bonchev–Trinajstić information content (AvgIpc) is 2.86. The predicted octanol–water partition coefficient (Wildman–Crippen LogP) is 5.64. The Balaban J connectivity index is 1.43. The standard InChI is InChI=1S/C31H32N4O2S/c1-6-35-28(37)24-26(21-14-10-8-12-19(21)16-31(24,4)5)34-29(35)38-17-22-32-25-20-13-9-7-11-18(20)15-30(2,3)23(25)27(36)33-22/h7-14H,6,15-17H2,1-5H3,(H,32,33,36). The number of H-pyrrole nitrogens is 1. The fourth-order valence-corrected chi connectivity index (χ4v) is 7.14. The topological polar surface area (TPSA) is 80.6 Å². The van der Waals surface area contributed by atoms with Crippen LogP contribution in [-0.4, -0.2) is 19.5 Å². The van der Waals surface area contributed by atoms with Gasteiger partial charge >= 0.3 is 0 Å². The highest BCUT2D eigenvalue weighted by Crippen LogP contribution is 2.42. The van der Waals surface area contributed by atoms with Gasteiger partial charge in [-0.2, -0.15) is 0 Å².